The van der Waals surface area contributed by atoms with E-state index in [-0.39, 0.29) is 13.2 Å². The first kappa shape index (κ1) is 18.7. The Balaban J connectivity index is 1.67. The number of pyridine rings is 1. The van der Waals surface area contributed by atoms with Gasteiger partial charge < -0.3 is 9.84 Å². The van der Waals surface area contributed by atoms with Gasteiger partial charge in [-0.05, 0) is 13.0 Å². The number of hydrogen-bond donors (Lipinski definition) is 1. The van der Waals surface area contributed by atoms with Gasteiger partial charge in [-0.15, -0.1) is 11.3 Å². The molecule has 1 aliphatic heterocycles. The molecular formula is C22H19N5O2S. The number of nitrogens with zero attached hydrogens (tertiary/aromatic N) is 5. The van der Waals surface area contributed by atoms with Crippen LogP contribution in [0.2, 0.25) is 0 Å². The van der Waals surface area contributed by atoms with E-state index in [2.05, 4.69) is 27.4 Å². The first-order chi connectivity index (χ1) is 14.7. The summed E-state index contributed by atoms with van der Waals surface area (Å²) >= 11 is 1.61. The van der Waals surface area contributed by atoms with Crippen molar-refractivity contribution in [2.75, 3.05) is 13.2 Å². The normalized spacial score (nSPS) is 13.2. The maximum absolute atomic E-state index is 9.05. The van der Waals surface area contributed by atoms with Crippen molar-refractivity contribution in [3.8, 4) is 27.6 Å². The molecule has 1 N–H and O–H groups in total. The fourth-order valence-electron chi connectivity index (χ4n) is 3.49. The highest BCUT2D eigenvalue weighted by molar-refractivity contribution is 7.17. The van der Waals surface area contributed by atoms with E-state index in [9.17, 15) is 0 Å². The summed E-state index contributed by atoms with van der Waals surface area (Å²) < 4.78 is 7.43. The Hall–Kier alpha value is -3.36. The van der Waals surface area contributed by atoms with Crippen LogP contribution in [0.3, 0.4) is 0 Å². The largest absolute Gasteiger partial charge is 0.491 e. The molecule has 7 nitrogen and oxygen atoms in total. The monoisotopic (exact) mass is 417 g/mol. The molecule has 0 amide bonds. The van der Waals surface area contributed by atoms with Crippen molar-refractivity contribution < 1.29 is 9.84 Å². The Morgan fingerprint density at radius 3 is 2.83 bits per heavy atom. The van der Waals surface area contributed by atoms with Gasteiger partial charge >= 0.3 is 0 Å². The molecule has 8 heteroatoms. The third kappa shape index (κ3) is 3.30. The quantitative estimate of drug-likeness (QED) is 0.514. The topological polar surface area (TPSA) is 84.4 Å². The van der Waals surface area contributed by atoms with Gasteiger partial charge in [0.15, 0.2) is 0 Å². The molecule has 0 fully saturated rings. The fraction of sp³-hybridized carbons (Fsp3) is 0.182. The average molecular weight is 417 g/mol. The zero-order chi connectivity index (χ0) is 20.5. The maximum atomic E-state index is 9.05. The van der Waals surface area contributed by atoms with Crippen LogP contribution in [0.4, 0.5) is 0 Å². The molecule has 1 aliphatic rings. The summed E-state index contributed by atoms with van der Waals surface area (Å²) in [7, 11) is 0. The molecule has 150 valence electrons. The Kier molecular flexibility index (Phi) is 4.86. The zero-order valence-corrected chi connectivity index (χ0v) is 17.1. The molecule has 0 bridgehead atoms. The summed E-state index contributed by atoms with van der Waals surface area (Å²) in [5.41, 5.74) is 5.65. The molecule has 0 unspecified atom stereocenters. The first-order valence-electron chi connectivity index (χ1n) is 9.62. The van der Waals surface area contributed by atoms with Gasteiger partial charge in [0.25, 0.3) is 0 Å². The van der Waals surface area contributed by atoms with Crippen LogP contribution in [-0.2, 0) is 0 Å². The van der Waals surface area contributed by atoms with E-state index < -0.39 is 0 Å². The number of rotatable bonds is 6. The second kappa shape index (κ2) is 7.81. The smallest absolute Gasteiger partial charge is 0.128 e. The molecular weight excluding hydrogens is 398 g/mol. The molecule has 3 aromatic heterocycles. The summed E-state index contributed by atoms with van der Waals surface area (Å²) in [6, 6.07) is 13.9. The number of aliphatic hydroxyl groups excluding tert-OH is 1. The highest BCUT2D eigenvalue weighted by atomic mass is 32.1. The first-order valence-corrected chi connectivity index (χ1v) is 10.4. The molecule has 4 heterocycles. The van der Waals surface area contributed by atoms with Gasteiger partial charge in [0.05, 0.1) is 39.7 Å². The number of fused-ring (bicyclic) bond motifs is 1. The van der Waals surface area contributed by atoms with Crippen molar-refractivity contribution in [1.29, 1.82) is 0 Å². The van der Waals surface area contributed by atoms with Crippen LogP contribution in [0, 0.1) is 6.92 Å². The summed E-state index contributed by atoms with van der Waals surface area (Å²) in [4.78, 5) is 6.05. The number of aliphatic hydroxyl groups is 1. The van der Waals surface area contributed by atoms with Crippen molar-refractivity contribution in [2.45, 2.75) is 13.3 Å². The molecule has 4 aromatic rings. The molecule has 5 rings (SSSR count). The molecule has 0 radical (unpaired) electrons. The van der Waals surface area contributed by atoms with Gasteiger partial charge in [-0.1, -0.05) is 30.3 Å². The molecule has 30 heavy (non-hydrogen) atoms. The van der Waals surface area contributed by atoms with Gasteiger partial charge in [-0.25, -0.2) is 9.50 Å². The number of aromatic nitrogens is 3. The third-order valence-corrected chi connectivity index (χ3v) is 5.96. The van der Waals surface area contributed by atoms with Crippen molar-refractivity contribution in [1.82, 2.24) is 14.6 Å². The highest BCUT2D eigenvalue weighted by Gasteiger charge is 2.23. The second-order valence-electron chi connectivity index (χ2n) is 6.84. The Labute approximate surface area is 177 Å². The molecule has 0 saturated carbocycles. The molecule has 0 aliphatic carbocycles. The lowest BCUT2D eigenvalue weighted by molar-refractivity contribution is 0.201. The summed E-state index contributed by atoms with van der Waals surface area (Å²) in [6.45, 7) is 2.20. The minimum atomic E-state index is -0.0310. The van der Waals surface area contributed by atoms with Crippen molar-refractivity contribution >= 4 is 28.8 Å². The highest BCUT2D eigenvalue weighted by Crippen LogP contribution is 2.38. The SMILES string of the molecule is Cc1nn2ccc(OCCO)cc2c1-c1nc(-c2ccccc2)c(C2=NN=CC2)s1. The summed E-state index contributed by atoms with van der Waals surface area (Å²) in [5.74, 6) is 0.686. The average Bonchev–Trinajstić information content (AvgIpc) is 3.50. The van der Waals surface area contributed by atoms with Crippen LogP contribution in [0.25, 0.3) is 27.3 Å². The van der Waals surface area contributed by atoms with E-state index in [0.29, 0.717) is 12.2 Å². The van der Waals surface area contributed by atoms with E-state index in [0.717, 1.165) is 43.6 Å². The molecule has 0 saturated heterocycles. The maximum Gasteiger partial charge on any atom is 0.128 e. The van der Waals surface area contributed by atoms with E-state index in [4.69, 9.17) is 14.8 Å². The van der Waals surface area contributed by atoms with Crippen molar-refractivity contribution in [3.05, 3.63) is 59.2 Å². The lowest BCUT2D eigenvalue weighted by Gasteiger charge is -2.04. The van der Waals surface area contributed by atoms with Gasteiger partial charge in [0.2, 0.25) is 0 Å². The van der Waals surface area contributed by atoms with Gasteiger partial charge in [0, 0.05) is 30.5 Å². The van der Waals surface area contributed by atoms with Crippen LogP contribution in [0.15, 0.2) is 58.9 Å². The van der Waals surface area contributed by atoms with Crippen LogP contribution in [0.1, 0.15) is 17.0 Å². The second-order valence-corrected chi connectivity index (χ2v) is 7.84. The van der Waals surface area contributed by atoms with Crippen LogP contribution in [0.5, 0.6) is 5.75 Å². The Morgan fingerprint density at radius 1 is 1.20 bits per heavy atom. The predicted molar refractivity (Wildman–Crippen MR) is 119 cm³/mol. The lowest BCUT2D eigenvalue weighted by Crippen LogP contribution is -2.01. The van der Waals surface area contributed by atoms with Crippen LogP contribution in [-0.4, -0.2) is 44.8 Å². The number of aryl methyl sites for hydroxylation is 1. The minimum Gasteiger partial charge on any atom is -0.491 e. The lowest BCUT2D eigenvalue weighted by atomic mass is 10.1. The summed E-state index contributed by atoms with van der Waals surface area (Å²) in [5, 5.41) is 22.9. The number of hydrogen-bond acceptors (Lipinski definition) is 7. The van der Waals surface area contributed by atoms with E-state index in [1.165, 1.54) is 0 Å². The number of benzene rings is 1. The van der Waals surface area contributed by atoms with Crippen LogP contribution >= 0.6 is 11.3 Å². The van der Waals surface area contributed by atoms with Gasteiger partial charge in [0.1, 0.15) is 17.4 Å². The molecule has 1 aromatic carbocycles. The van der Waals surface area contributed by atoms with E-state index in [1.54, 1.807) is 11.3 Å². The number of ether oxygens (including phenoxy) is 1. The molecule has 0 spiro atoms. The van der Waals surface area contributed by atoms with Crippen molar-refractivity contribution in [2.24, 2.45) is 10.2 Å². The standard InChI is InChI=1S/C22H19N5O2S/c1-14-19(18-13-16(29-12-11-28)8-10-27(18)26-14)22-24-20(15-5-3-2-4-6-15)21(30-22)17-7-9-23-25-17/h2-6,8-10,13,28H,7,11-12H2,1H3. The molecule has 0 atom stereocenters. The van der Waals surface area contributed by atoms with E-state index >= 15 is 0 Å². The third-order valence-electron chi connectivity index (χ3n) is 4.84. The predicted octanol–water partition coefficient (Wildman–Crippen LogP) is 3.98. The minimum absolute atomic E-state index is 0.0310. The van der Waals surface area contributed by atoms with Crippen LogP contribution < -0.4 is 4.74 Å². The zero-order valence-electron chi connectivity index (χ0n) is 16.3. The van der Waals surface area contributed by atoms with Gasteiger partial charge in [-0.3, -0.25) is 0 Å². The number of thiazole rings is 1. The fourth-order valence-corrected chi connectivity index (χ4v) is 4.68. The summed E-state index contributed by atoms with van der Waals surface area (Å²) in [6.07, 6.45) is 4.38. The van der Waals surface area contributed by atoms with Gasteiger partial charge in [-0.2, -0.15) is 15.3 Å². The Bertz CT molecular complexity index is 1270. The Morgan fingerprint density at radius 2 is 2.07 bits per heavy atom. The van der Waals surface area contributed by atoms with Crippen molar-refractivity contribution in [3.63, 3.8) is 0 Å². The van der Waals surface area contributed by atoms with E-state index in [1.807, 2.05) is 54.2 Å².